The summed E-state index contributed by atoms with van der Waals surface area (Å²) in [6.07, 6.45) is 1.18. The molecule has 1 fully saturated rings. The van der Waals surface area contributed by atoms with Crippen LogP contribution in [0.2, 0.25) is 0 Å². The highest BCUT2D eigenvalue weighted by Crippen LogP contribution is 2.05. The van der Waals surface area contributed by atoms with Crippen LogP contribution in [0.15, 0.2) is 0 Å². The lowest BCUT2D eigenvalue weighted by molar-refractivity contribution is -0.147. The van der Waals surface area contributed by atoms with Crippen LogP contribution in [0, 0.1) is 0 Å². The summed E-state index contributed by atoms with van der Waals surface area (Å²) < 4.78 is 4.55. The molecule has 1 aliphatic heterocycles. The van der Waals surface area contributed by atoms with Crippen LogP contribution >= 0.6 is 0 Å². The van der Waals surface area contributed by atoms with Gasteiger partial charge in [0.1, 0.15) is 19.2 Å². The van der Waals surface area contributed by atoms with E-state index in [0.717, 1.165) is 0 Å². The molecular formula is C15H27N3O6. The summed E-state index contributed by atoms with van der Waals surface area (Å²) in [4.78, 5) is 53.5. The van der Waals surface area contributed by atoms with Gasteiger partial charge in [-0.25, -0.2) is 0 Å². The zero-order chi connectivity index (χ0) is 19.1. The maximum atomic E-state index is 11.4. The lowest BCUT2D eigenvalue weighted by Gasteiger charge is -2.10. The summed E-state index contributed by atoms with van der Waals surface area (Å²) in [5.41, 5.74) is 4.65. The number of esters is 1. The third kappa shape index (κ3) is 13.2. The fraction of sp³-hybridized carbons (Fsp3) is 0.667. The molecule has 24 heavy (non-hydrogen) atoms. The van der Waals surface area contributed by atoms with Gasteiger partial charge in [-0.2, -0.15) is 0 Å². The average Bonchev–Trinajstić information content (AvgIpc) is 2.99. The Hall–Kier alpha value is -2.45. The third-order valence-corrected chi connectivity index (χ3v) is 2.50. The van der Waals surface area contributed by atoms with Crippen LogP contribution in [0.4, 0.5) is 0 Å². The Bertz CT molecular complexity index is 450. The van der Waals surface area contributed by atoms with Gasteiger partial charge in [0.05, 0.1) is 0 Å². The second kappa shape index (κ2) is 14.2. The molecule has 1 saturated heterocycles. The molecule has 1 heterocycles. The molecule has 0 spiro atoms. The molecule has 1 rings (SSSR count). The standard InChI is InChI=1S/C10H14N2O5.C3H7NO.C2H6/c1-6(13)5-17-9(15)4-11-10(16)7-2-3-8(14)12-7;1-2-3(4)5;1-2/h7H,2-5H2,1H3,(H,11,16)(H,12,14);2H2,1H3,(H2,4,5);1-2H3. The molecule has 0 aliphatic carbocycles. The van der Waals surface area contributed by atoms with Crippen LogP contribution in [-0.4, -0.2) is 48.7 Å². The van der Waals surface area contributed by atoms with Crippen LogP contribution in [0.3, 0.4) is 0 Å². The van der Waals surface area contributed by atoms with E-state index in [0.29, 0.717) is 19.3 Å². The Morgan fingerprint density at radius 3 is 2.21 bits per heavy atom. The Labute approximate surface area is 141 Å². The summed E-state index contributed by atoms with van der Waals surface area (Å²) in [6, 6.07) is -0.580. The summed E-state index contributed by atoms with van der Waals surface area (Å²) >= 11 is 0. The summed E-state index contributed by atoms with van der Waals surface area (Å²) in [7, 11) is 0. The van der Waals surface area contributed by atoms with E-state index in [-0.39, 0.29) is 30.7 Å². The van der Waals surface area contributed by atoms with Gasteiger partial charge in [0.15, 0.2) is 5.78 Å². The van der Waals surface area contributed by atoms with Crippen molar-refractivity contribution >= 4 is 29.5 Å². The first-order valence-corrected chi connectivity index (χ1v) is 7.76. The highest BCUT2D eigenvalue weighted by molar-refractivity contribution is 5.92. The van der Waals surface area contributed by atoms with E-state index in [2.05, 4.69) is 21.1 Å². The summed E-state index contributed by atoms with van der Waals surface area (Å²) in [6.45, 7) is 6.41. The third-order valence-electron chi connectivity index (χ3n) is 2.50. The highest BCUT2D eigenvalue weighted by Gasteiger charge is 2.27. The van der Waals surface area contributed by atoms with Crippen molar-refractivity contribution < 1.29 is 28.7 Å². The van der Waals surface area contributed by atoms with Crippen LogP contribution in [0.5, 0.6) is 0 Å². The lowest BCUT2D eigenvalue weighted by atomic mass is 10.2. The number of primary amides is 1. The maximum absolute atomic E-state index is 11.4. The number of Topliss-reactive ketones (excluding diaryl/α,β-unsaturated/α-hetero) is 1. The second-order valence-corrected chi connectivity index (χ2v) is 4.56. The number of ether oxygens (including phenoxy) is 1. The van der Waals surface area contributed by atoms with E-state index in [1.54, 1.807) is 6.92 Å². The molecule has 0 aromatic heterocycles. The minimum Gasteiger partial charge on any atom is -0.456 e. The number of hydrogen-bond donors (Lipinski definition) is 3. The van der Waals surface area contributed by atoms with Crippen molar-refractivity contribution in [1.29, 1.82) is 0 Å². The molecule has 0 aromatic rings. The van der Waals surface area contributed by atoms with E-state index in [9.17, 15) is 24.0 Å². The topological polar surface area (TPSA) is 145 Å². The minimum atomic E-state index is -0.683. The minimum absolute atomic E-state index is 0.177. The molecule has 9 heteroatoms. The normalized spacial score (nSPS) is 14.8. The van der Waals surface area contributed by atoms with Crippen molar-refractivity contribution in [2.45, 2.75) is 53.0 Å². The second-order valence-electron chi connectivity index (χ2n) is 4.56. The van der Waals surface area contributed by atoms with E-state index in [1.807, 2.05) is 13.8 Å². The Kier molecular flexibility index (Phi) is 14.1. The van der Waals surface area contributed by atoms with E-state index in [4.69, 9.17) is 0 Å². The van der Waals surface area contributed by atoms with E-state index < -0.39 is 17.9 Å². The molecule has 4 N–H and O–H groups in total. The highest BCUT2D eigenvalue weighted by atomic mass is 16.5. The average molecular weight is 345 g/mol. The molecule has 0 bridgehead atoms. The first-order valence-electron chi connectivity index (χ1n) is 7.76. The Morgan fingerprint density at radius 1 is 1.29 bits per heavy atom. The quantitative estimate of drug-likeness (QED) is 0.549. The zero-order valence-electron chi connectivity index (χ0n) is 14.6. The van der Waals surface area contributed by atoms with Crippen LogP contribution in [0.25, 0.3) is 0 Å². The maximum Gasteiger partial charge on any atom is 0.325 e. The monoisotopic (exact) mass is 345 g/mol. The number of rotatable bonds is 6. The first kappa shape index (κ1) is 23.8. The number of ketones is 1. The van der Waals surface area contributed by atoms with E-state index >= 15 is 0 Å². The molecule has 1 aliphatic rings. The molecule has 9 nitrogen and oxygen atoms in total. The van der Waals surface area contributed by atoms with Gasteiger partial charge in [0.25, 0.3) is 0 Å². The van der Waals surface area contributed by atoms with Gasteiger partial charge in [-0.05, 0) is 13.3 Å². The van der Waals surface area contributed by atoms with Crippen LogP contribution in [0.1, 0.15) is 47.0 Å². The number of hydrogen-bond acceptors (Lipinski definition) is 6. The van der Waals surface area contributed by atoms with Crippen molar-refractivity contribution in [3.8, 4) is 0 Å². The number of amides is 3. The van der Waals surface area contributed by atoms with Crippen LogP contribution < -0.4 is 16.4 Å². The van der Waals surface area contributed by atoms with Gasteiger partial charge < -0.3 is 21.1 Å². The molecule has 3 amide bonds. The largest absolute Gasteiger partial charge is 0.456 e. The summed E-state index contributed by atoms with van der Waals surface area (Å²) in [5.74, 6) is -1.80. The Morgan fingerprint density at radius 2 is 1.83 bits per heavy atom. The lowest BCUT2D eigenvalue weighted by Crippen LogP contribution is -2.43. The molecule has 138 valence electrons. The number of nitrogens with two attached hydrogens (primary N) is 1. The van der Waals surface area contributed by atoms with Gasteiger partial charge >= 0.3 is 5.97 Å². The Balaban J connectivity index is 0. The molecular weight excluding hydrogens is 318 g/mol. The number of carbonyl (C=O) groups is 5. The van der Waals surface area contributed by atoms with Crippen molar-refractivity contribution in [3.05, 3.63) is 0 Å². The fourth-order valence-electron chi connectivity index (χ4n) is 1.33. The first-order chi connectivity index (χ1) is 11.3. The van der Waals surface area contributed by atoms with Gasteiger partial charge in [-0.1, -0.05) is 20.8 Å². The van der Waals surface area contributed by atoms with Gasteiger partial charge in [-0.15, -0.1) is 0 Å². The van der Waals surface area contributed by atoms with Crippen LogP contribution in [-0.2, 0) is 28.7 Å². The van der Waals surface area contributed by atoms with Crippen molar-refractivity contribution in [2.24, 2.45) is 5.73 Å². The van der Waals surface area contributed by atoms with Crippen molar-refractivity contribution in [3.63, 3.8) is 0 Å². The van der Waals surface area contributed by atoms with Gasteiger partial charge in [-0.3, -0.25) is 24.0 Å². The predicted molar refractivity (Wildman–Crippen MR) is 86.6 cm³/mol. The number of nitrogens with one attached hydrogen (secondary N) is 2. The smallest absolute Gasteiger partial charge is 0.325 e. The molecule has 0 aromatic carbocycles. The van der Waals surface area contributed by atoms with Gasteiger partial charge in [0.2, 0.25) is 17.7 Å². The zero-order valence-corrected chi connectivity index (χ0v) is 14.6. The SMILES string of the molecule is CC.CC(=O)COC(=O)CNC(=O)C1CCC(=O)N1.CCC(N)=O. The number of carbonyl (C=O) groups excluding carboxylic acids is 5. The fourth-order valence-corrected chi connectivity index (χ4v) is 1.33. The molecule has 0 radical (unpaired) electrons. The molecule has 0 saturated carbocycles. The van der Waals surface area contributed by atoms with E-state index in [1.165, 1.54) is 6.92 Å². The molecule has 1 unspecified atom stereocenters. The van der Waals surface area contributed by atoms with Crippen molar-refractivity contribution in [1.82, 2.24) is 10.6 Å². The van der Waals surface area contributed by atoms with Crippen molar-refractivity contribution in [2.75, 3.05) is 13.2 Å². The predicted octanol–water partition coefficient (Wildman–Crippen LogP) is -0.579. The summed E-state index contributed by atoms with van der Waals surface area (Å²) in [5, 5.41) is 4.80. The van der Waals surface area contributed by atoms with Gasteiger partial charge in [0, 0.05) is 12.8 Å². The molecule has 1 atom stereocenters.